The van der Waals surface area contributed by atoms with Crippen molar-refractivity contribution in [2.24, 2.45) is 0 Å². The first kappa shape index (κ1) is 16.6. The Bertz CT molecular complexity index is 767. The summed E-state index contributed by atoms with van der Waals surface area (Å²) in [6.07, 6.45) is -1.84. The average Bonchev–Trinajstić information content (AvgIpc) is 2.47. The number of anilines is 2. The van der Waals surface area contributed by atoms with E-state index in [0.29, 0.717) is 12.6 Å². The quantitative estimate of drug-likeness (QED) is 0.795. The number of pyridine rings is 1. The van der Waals surface area contributed by atoms with Crippen LogP contribution in [0.2, 0.25) is 5.02 Å². The maximum atomic E-state index is 12.8. The van der Waals surface area contributed by atoms with Gasteiger partial charge >= 0.3 is 6.11 Å². The molecular weight excluding hydrogens is 326 g/mol. The number of aromatic nitrogens is 1. The van der Waals surface area contributed by atoms with Gasteiger partial charge in [0.15, 0.2) is 0 Å². The van der Waals surface area contributed by atoms with E-state index >= 15 is 0 Å². The van der Waals surface area contributed by atoms with Crippen LogP contribution in [-0.2, 0) is 0 Å². The van der Waals surface area contributed by atoms with Gasteiger partial charge in [-0.1, -0.05) is 11.6 Å². The van der Waals surface area contributed by atoms with E-state index < -0.39 is 6.11 Å². The van der Waals surface area contributed by atoms with Crippen LogP contribution in [0.15, 0.2) is 36.5 Å². The molecular formula is C15H11ClF2N4O. The summed E-state index contributed by atoms with van der Waals surface area (Å²) in [6, 6.07) is 8.89. The average molecular weight is 337 g/mol. The summed E-state index contributed by atoms with van der Waals surface area (Å²) in [7, 11) is 0. The van der Waals surface area contributed by atoms with Crippen molar-refractivity contribution in [3.63, 3.8) is 0 Å². The van der Waals surface area contributed by atoms with Crippen LogP contribution in [0, 0.1) is 16.7 Å². The third-order valence-electron chi connectivity index (χ3n) is 2.68. The predicted molar refractivity (Wildman–Crippen MR) is 82.7 cm³/mol. The second-order valence-electron chi connectivity index (χ2n) is 4.56. The summed E-state index contributed by atoms with van der Waals surface area (Å²) < 4.78 is 30.0. The van der Waals surface area contributed by atoms with Crippen molar-refractivity contribution in [2.75, 3.05) is 5.32 Å². The molecule has 0 aliphatic carbocycles. The lowest BCUT2D eigenvalue weighted by Gasteiger charge is -2.14. The molecule has 23 heavy (non-hydrogen) atoms. The van der Waals surface area contributed by atoms with Gasteiger partial charge in [0.25, 0.3) is 0 Å². The Balaban J connectivity index is 2.25. The van der Waals surface area contributed by atoms with Gasteiger partial charge in [-0.2, -0.15) is 14.0 Å². The van der Waals surface area contributed by atoms with Gasteiger partial charge in [-0.3, -0.25) is 5.41 Å². The number of benzene rings is 1. The van der Waals surface area contributed by atoms with Crippen LogP contribution in [0.25, 0.3) is 0 Å². The van der Waals surface area contributed by atoms with Gasteiger partial charge in [0, 0.05) is 18.8 Å². The summed E-state index contributed by atoms with van der Waals surface area (Å²) in [6.45, 7) is 0.648. The topological polar surface area (TPSA) is 81.8 Å². The van der Waals surface area contributed by atoms with Crippen molar-refractivity contribution in [1.82, 2.24) is 4.98 Å². The Morgan fingerprint density at radius 2 is 2.00 bits per heavy atom. The van der Waals surface area contributed by atoms with Gasteiger partial charge in [-0.15, -0.1) is 0 Å². The van der Waals surface area contributed by atoms with Crippen molar-refractivity contribution in [2.45, 2.75) is 13.0 Å². The van der Waals surface area contributed by atoms with Crippen LogP contribution >= 0.6 is 11.6 Å². The minimum absolute atomic E-state index is 0.00657. The molecule has 0 bridgehead atoms. The van der Waals surface area contributed by atoms with E-state index in [4.69, 9.17) is 22.3 Å². The van der Waals surface area contributed by atoms with Crippen LogP contribution < -0.4 is 10.1 Å². The van der Waals surface area contributed by atoms with Gasteiger partial charge < -0.3 is 10.1 Å². The Morgan fingerprint density at radius 1 is 1.35 bits per heavy atom. The fraction of sp³-hybridized carbons (Fsp3) is 0.133. The second-order valence-corrected chi connectivity index (χ2v) is 4.97. The summed E-state index contributed by atoms with van der Waals surface area (Å²) in [4.78, 5) is 4.05. The van der Waals surface area contributed by atoms with Crippen LogP contribution in [0.5, 0.6) is 5.75 Å². The first-order valence-corrected chi connectivity index (χ1v) is 6.75. The number of halogens is 3. The van der Waals surface area contributed by atoms with E-state index in [1.165, 1.54) is 36.5 Å². The van der Waals surface area contributed by atoms with Crippen molar-refractivity contribution >= 4 is 28.8 Å². The molecule has 0 amide bonds. The van der Waals surface area contributed by atoms with Crippen LogP contribution in [0.4, 0.5) is 20.3 Å². The molecule has 0 atom stereocenters. The summed E-state index contributed by atoms with van der Waals surface area (Å²) in [5.74, 6) is 0.227. The molecule has 2 aromatic rings. The van der Waals surface area contributed by atoms with Crippen molar-refractivity contribution < 1.29 is 13.5 Å². The smallest absolute Gasteiger partial charge is 0.394 e. The van der Waals surface area contributed by atoms with E-state index in [9.17, 15) is 8.78 Å². The Labute approximate surface area is 136 Å². The summed E-state index contributed by atoms with van der Waals surface area (Å²) in [5.41, 5.74) is 0.340. The third-order valence-corrected chi connectivity index (χ3v) is 2.99. The lowest BCUT2D eigenvalue weighted by molar-refractivity contribution is -0.158. The van der Waals surface area contributed by atoms with Gasteiger partial charge in [0.1, 0.15) is 23.3 Å². The molecule has 0 fully saturated rings. The number of alkyl halides is 2. The number of nitrogens with one attached hydrogen (secondary N) is 2. The number of rotatable bonds is 5. The Kier molecular flexibility index (Phi) is 4.77. The molecule has 0 unspecified atom stereocenters. The van der Waals surface area contributed by atoms with Gasteiger partial charge in [0.05, 0.1) is 10.6 Å². The van der Waals surface area contributed by atoms with E-state index in [-0.39, 0.29) is 27.9 Å². The minimum Gasteiger partial charge on any atom is -0.433 e. The molecule has 118 valence electrons. The molecule has 5 nitrogen and oxygen atoms in total. The third kappa shape index (κ3) is 4.37. The van der Waals surface area contributed by atoms with Gasteiger partial charge in [-0.25, -0.2) is 4.98 Å². The maximum Gasteiger partial charge on any atom is 0.394 e. The molecule has 0 spiro atoms. The number of hydrogen-bond donors (Lipinski definition) is 2. The van der Waals surface area contributed by atoms with Gasteiger partial charge in [0.2, 0.25) is 0 Å². The zero-order chi connectivity index (χ0) is 17.0. The highest BCUT2D eigenvalue weighted by atomic mass is 35.5. The molecule has 0 radical (unpaired) electrons. The highest BCUT2D eigenvalue weighted by Crippen LogP contribution is 2.27. The Morgan fingerprint density at radius 3 is 2.57 bits per heavy atom. The molecule has 0 aliphatic heterocycles. The molecule has 2 rings (SSSR count). The molecule has 0 saturated carbocycles. The molecule has 2 N–H and O–H groups in total. The first-order valence-electron chi connectivity index (χ1n) is 6.37. The van der Waals surface area contributed by atoms with E-state index in [1.54, 1.807) is 6.07 Å². The lowest BCUT2D eigenvalue weighted by Crippen LogP contribution is -2.18. The summed E-state index contributed by atoms with van der Waals surface area (Å²) >= 11 is 5.99. The van der Waals surface area contributed by atoms with E-state index in [1.807, 2.05) is 0 Å². The normalized spacial score (nSPS) is 10.7. The molecule has 1 aromatic heterocycles. The second kappa shape index (κ2) is 6.58. The number of hydrogen-bond acceptors (Lipinski definition) is 5. The zero-order valence-electron chi connectivity index (χ0n) is 11.9. The van der Waals surface area contributed by atoms with Crippen molar-refractivity contribution in [3.05, 3.63) is 47.1 Å². The summed E-state index contributed by atoms with van der Waals surface area (Å²) in [5, 5.41) is 19.6. The fourth-order valence-electron chi connectivity index (χ4n) is 1.78. The maximum absolute atomic E-state index is 12.8. The molecule has 0 saturated heterocycles. The molecule has 1 aromatic carbocycles. The fourth-order valence-corrected chi connectivity index (χ4v) is 2.02. The van der Waals surface area contributed by atoms with Gasteiger partial charge in [-0.05, 0) is 30.3 Å². The van der Waals surface area contributed by atoms with Crippen molar-refractivity contribution in [3.8, 4) is 11.8 Å². The monoisotopic (exact) mass is 336 g/mol. The standard InChI is InChI=1S/C15H11ClF2N4O/c1-15(17,18)23-10-4-2-9(3-5-10)22-14-13(12(20)8-19)11(16)6-7-21-14/h2-7,20H,1H3,(H,21,22). The first-order chi connectivity index (χ1) is 10.8. The Hall–Kier alpha value is -2.72. The molecule has 8 heteroatoms. The van der Waals surface area contributed by atoms with Crippen LogP contribution in [-0.4, -0.2) is 16.8 Å². The van der Waals surface area contributed by atoms with Crippen LogP contribution in [0.3, 0.4) is 0 Å². The number of nitriles is 1. The predicted octanol–water partition coefficient (Wildman–Crippen LogP) is 4.36. The SMILES string of the molecule is CC(F)(F)Oc1ccc(Nc2nccc(Cl)c2C(=N)C#N)cc1. The number of ether oxygens (including phenoxy) is 1. The van der Waals surface area contributed by atoms with E-state index in [0.717, 1.165) is 0 Å². The lowest BCUT2D eigenvalue weighted by atomic mass is 10.1. The molecule has 0 aliphatic rings. The highest BCUT2D eigenvalue weighted by molar-refractivity contribution is 6.36. The van der Waals surface area contributed by atoms with E-state index in [2.05, 4.69) is 15.0 Å². The zero-order valence-corrected chi connectivity index (χ0v) is 12.7. The highest BCUT2D eigenvalue weighted by Gasteiger charge is 2.23. The van der Waals surface area contributed by atoms with Crippen LogP contribution in [0.1, 0.15) is 12.5 Å². The van der Waals surface area contributed by atoms with Crippen molar-refractivity contribution in [1.29, 1.82) is 10.7 Å². The minimum atomic E-state index is -3.27. The molecule has 1 heterocycles. The number of nitrogens with zero attached hydrogens (tertiary/aromatic N) is 2. The largest absolute Gasteiger partial charge is 0.433 e.